The summed E-state index contributed by atoms with van der Waals surface area (Å²) < 4.78 is 0.657. The normalized spacial score (nSPS) is 10.4. The average Bonchev–Trinajstić information content (AvgIpc) is 2.23. The van der Waals surface area contributed by atoms with Crippen molar-refractivity contribution in [1.82, 2.24) is 9.66 Å². The van der Waals surface area contributed by atoms with E-state index in [0.717, 1.165) is 0 Å². The van der Waals surface area contributed by atoms with Crippen molar-refractivity contribution in [3.63, 3.8) is 0 Å². The molecule has 6 nitrogen and oxygen atoms in total. The standard InChI is InChI=1S/C9H8N4O2/c10-7(14)8-12-6-4-2-1-3-5(6)9(15)13(8)11/h1-4H,11H2,(H2,10,14). The van der Waals surface area contributed by atoms with Gasteiger partial charge in [-0.1, -0.05) is 12.1 Å². The number of aromatic nitrogens is 2. The first-order chi connectivity index (χ1) is 7.11. The summed E-state index contributed by atoms with van der Waals surface area (Å²) in [4.78, 5) is 26.5. The van der Waals surface area contributed by atoms with Crippen molar-refractivity contribution < 1.29 is 4.79 Å². The van der Waals surface area contributed by atoms with E-state index in [-0.39, 0.29) is 5.82 Å². The zero-order valence-corrected chi connectivity index (χ0v) is 7.68. The number of fused-ring (bicyclic) bond motifs is 1. The van der Waals surface area contributed by atoms with Crippen molar-refractivity contribution in [2.45, 2.75) is 0 Å². The van der Waals surface area contributed by atoms with Gasteiger partial charge in [-0.3, -0.25) is 9.59 Å². The van der Waals surface area contributed by atoms with E-state index < -0.39 is 11.5 Å². The second-order valence-electron chi connectivity index (χ2n) is 2.99. The quantitative estimate of drug-likeness (QED) is 0.594. The van der Waals surface area contributed by atoms with Crippen LogP contribution in [0.5, 0.6) is 0 Å². The molecule has 1 amide bonds. The van der Waals surface area contributed by atoms with E-state index in [0.29, 0.717) is 15.6 Å². The Morgan fingerprint density at radius 1 is 1.33 bits per heavy atom. The Labute approximate surface area is 84.1 Å². The summed E-state index contributed by atoms with van der Waals surface area (Å²) in [6, 6.07) is 6.59. The van der Waals surface area contributed by atoms with Crippen LogP contribution < -0.4 is 17.1 Å². The van der Waals surface area contributed by atoms with Gasteiger partial charge < -0.3 is 11.6 Å². The summed E-state index contributed by atoms with van der Waals surface area (Å²) in [5.41, 5.74) is 4.94. The lowest BCUT2D eigenvalue weighted by molar-refractivity contribution is 0.0987. The molecule has 0 saturated carbocycles. The van der Waals surface area contributed by atoms with Crippen LogP contribution >= 0.6 is 0 Å². The molecule has 1 heterocycles. The van der Waals surface area contributed by atoms with Gasteiger partial charge in [0.1, 0.15) is 0 Å². The monoisotopic (exact) mass is 204 g/mol. The highest BCUT2D eigenvalue weighted by Crippen LogP contribution is 2.05. The fourth-order valence-electron chi connectivity index (χ4n) is 1.32. The smallest absolute Gasteiger partial charge is 0.286 e. The fourth-order valence-corrected chi connectivity index (χ4v) is 1.32. The van der Waals surface area contributed by atoms with Crippen LogP contribution in [0.2, 0.25) is 0 Å². The first-order valence-corrected chi connectivity index (χ1v) is 4.18. The molecule has 0 aliphatic carbocycles. The summed E-state index contributed by atoms with van der Waals surface area (Å²) in [5.74, 6) is 4.31. The number of hydrogen-bond acceptors (Lipinski definition) is 4. The minimum absolute atomic E-state index is 0.251. The molecular formula is C9H8N4O2. The van der Waals surface area contributed by atoms with Crippen LogP contribution in [0.15, 0.2) is 29.1 Å². The highest BCUT2D eigenvalue weighted by molar-refractivity contribution is 5.91. The summed E-state index contributed by atoms with van der Waals surface area (Å²) >= 11 is 0. The fraction of sp³-hybridized carbons (Fsp3) is 0. The van der Waals surface area contributed by atoms with Gasteiger partial charge in [0.05, 0.1) is 10.9 Å². The number of nitrogens with zero attached hydrogens (tertiary/aromatic N) is 2. The van der Waals surface area contributed by atoms with Crippen molar-refractivity contribution in [3.8, 4) is 0 Å². The van der Waals surface area contributed by atoms with Crippen LogP contribution in [0.25, 0.3) is 10.9 Å². The number of rotatable bonds is 1. The number of nitrogen functional groups attached to an aromatic ring is 1. The first kappa shape index (κ1) is 9.20. The summed E-state index contributed by atoms with van der Waals surface area (Å²) in [6.45, 7) is 0. The van der Waals surface area contributed by atoms with Crippen LogP contribution in [-0.2, 0) is 0 Å². The predicted molar refractivity (Wildman–Crippen MR) is 54.7 cm³/mol. The van der Waals surface area contributed by atoms with Crippen molar-refractivity contribution >= 4 is 16.8 Å². The number of nitrogens with two attached hydrogens (primary N) is 2. The third kappa shape index (κ3) is 1.32. The van der Waals surface area contributed by atoms with Gasteiger partial charge in [0.2, 0.25) is 5.82 Å². The molecule has 2 aromatic rings. The molecule has 4 N–H and O–H groups in total. The number of para-hydroxylation sites is 1. The largest absolute Gasteiger partial charge is 0.363 e. The number of carbonyl (C=O) groups excluding carboxylic acids is 1. The number of hydrogen-bond donors (Lipinski definition) is 2. The van der Waals surface area contributed by atoms with Crippen molar-refractivity contribution in [1.29, 1.82) is 0 Å². The van der Waals surface area contributed by atoms with Crippen LogP contribution in [-0.4, -0.2) is 15.6 Å². The van der Waals surface area contributed by atoms with Crippen molar-refractivity contribution in [2.75, 3.05) is 5.84 Å². The molecule has 0 spiro atoms. The van der Waals surface area contributed by atoms with Crippen LogP contribution in [0, 0.1) is 0 Å². The Hall–Kier alpha value is -2.37. The maximum Gasteiger partial charge on any atom is 0.286 e. The third-order valence-electron chi connectivity index (χ3n) is 2.03. The molecule has 0 aliphatic heterocycles. The van der Waals surface area contributed by atoms with Crippen LogP contribution in [0.3, 0.4) is 0 Å². The Balaban J connectivity index is 2.95. The van der Waals surface area contributed by atoms with Gasteiger partial charge in [-0.2, -0.15) is 0 Å². The molecule has 2 rings (SSSR count). The zero-order chi connectivity index (χ0) is 11.0. The third-order valence-corrected chi connectivity index (χ3v) is 2.03. The maximum atomic E-state index is 11.6. The highest BCUT2D eigenvalue weighted by atomic mass is 16.2. The Kier molecular flexibility index (Phi) is 1.89. The summed E-state index contributed by atoms with van der Waals surface area (Å²) in [7, 11) is 0. The van der Waals surface area contributed by atoms with Gasteiger partial charge >= 0.3 is 0 Å². The minimum Gasteiger partial charge on any atom is -0.363 e. The SMILES string of the molecule is NC(=O)c1nc2ccccc2c(=O)n1N. The first-order valence-electron chi connectivity index (χ1n) is 4.18. The average molecular weight is 204 g/mol. The van der Waals surface area contributed by atoms with E-state index in [1.165, 1.54) is 0 Å². The molecular weight excluding hydrogens is 196 g/mol. The van der Waals surface area contributed by atoms with Gasteiger partial charge in [0.15, 0.2) is 0 Å². The molecule has 0 radical (unpaired) electrons. The van der Waals surface area contributed by atoms with E-state index in [9.17, 15) is 9.59 Å². The summed E-state index contributed by atoms with van der Waals surface area (Å²) in [6.07, 6.45) is 0. The molecule has 1 aromatic heterocycles. The number of carbonyl (C=O) groups is 1. The topological polar surface area (TPSA) is 104 Å². The molecule has 0 saturated heterocycles. The lowest BCUT2D eigenvalue weighted by atomic mass is 10.2. The molecule has 0 atom stereocenters. The number of primary amides is 1. The molecule has 1 aromatic carbocycles. The zero-order valence-electron chi connectivity index (χ0n) is 7.68. The second-order valence-corrected chi connectivity index (χ2v) is 2.99. The lowest BCUT2D eigenvalue weighted by Gasteiger charge is -2.04. The lowest BCUT2D eigenvalue weighted by Crippen LogP contribution is -2.35. The van der Waals surface area contributed by atoms with Gasteiger partial charge in [0, 0.05) is 0 Å². The molecule has 15 heavy (non-hydrogen) atoms. The van der Waals surface area contributed by atoms with E-state index >= 15 is 0 Å². The van der Waals surface area contributed by atoms with Gasteiger partial charge in [-0.05, 0) is 12.1 Å². The van der Waals surface area contributed by atoms with Gasteiger partial charge in [-0.25, -0.2) is 9.66 Å². The molecule has 0 unspecified atom stereocenters. The Bertz CT molecular complexity index is 603. The Morgan fingerprint density at radius 3 is 2.67 bits per heavy atom. The molecule has 0 fully saturated rings. The van der Waals surface area contributed by atoms with Crippen molar-refractivity contribution in [3.05, 3.63) is 40.4 Å². The van der Waals surface area contributed by atoms with Gasteiger partial charge in [-0.15, -0.1) is 0 Å². The van der Waals surface area contributed by atoms with E-state index in [2.05, 4.69) is 4.98 Å². The highest BCUT2D eigenvalue weighted by Gasteiger charge is 2.12. The van der Waals surface area contributed by atoms with E-state index in [1.54, 1.807) is 24.3 Å². The van der Waals surface area contributed by atoms with Crippen molar-refractivity contribution in [2.24, 2.45) is 5.73 Å². The Morgan fingerprint density at radius 2 is 2.00 bits per heavy atom. The van der Waals surface area contributed by atoms with Crippen LogP contribution in [0.1, 0.15) is 10.6 Å². The van der Waals surface area contributed by atoms with E-state index in [4.69, 9.17) is 11.6 Å². The number of amides is 1. The van der Waals surface area contributed by atoms with Gasteiger partial charge in [0.25, 0.3) is 11.5 Å². The molecule has 6 heteroatoms. The molecule has 0 bridgehead atoms. The maximum absolute atomic E-state index is 11.6. The second kappa shape index (κ2) is 3.09. The number of benzene rings is 1. The van der Waals surface area contributed by atoms with Crippen LogP contribution in [0.4, 0.5) is 0 Å². The molecule has 76 valence electrons. The minimum atomic E-state index is -0.833. The molecule has 0 aliphatic rings. The van der Waals surface area contributed by atoms with E-state index in [1.807, 2.05) is 0 Å². The predicted octanol–water partition coefficient (Wildman–Crippen LogP) is -0.791. The summed E-state index contributed by atoms with van der Waals surface area (Å²) in [5, 5.41) is 0.352.